The predicted molar refractivity (Wildman–Crippen MR) is 75.0 cm³/mol. The number of hydrogen-bond donors (Lipinski definition) is 2. The van der Waals surface area contributed by atoms with Crippen LogP contribution in [0.1, 0.15) is 11.7 Å². The molecule has 0 amide bonds. The van der Waals surface area contributed by atoms with E-state index >= 15 is 0 Å². The molecule has 0 saturated heterocycles. The van der Waals surface area contributed by atoms with Gasteiger partial charge >= 0.3 is 0 Å². The molecule has 0 radical (unpaired) electrons. The van der Waals surface area contributed by atoms with Gasteiger partial charge in [0.1, 0.15) is 11.5 Å². The zero-order chi connectivity index (χ0) is 14.4. The highest BCUT2D eigenvalue weighted by Crippen LogP contribution is 2.26. The maximum absolute atomic E-state index is 10.2. The summed E-state index contributed by atoms with van der Waals surface area (Å²) >= 11 is 0. The molecule has 6 nitrogen and oxygen atoms in total. The molecule has 0 bridgehead atoms. The van der Waals surface area contributed by atoms with Crippen molar-refractivity contribution in [2.24, 2.45) is 0 Å². The summed E-state index contributed by atoms with van der Waals surface area (Å²) < 4.78 is 10.3. The van der Waals surface area contributed by atoms with Crippen LogP contribution in [-0.2, 0) is 0 Å². The normalized spacial score (nSPS) is 11.8. The number of nitrogens with one attached hydrogen (secondary N) is 1. The Hall–Kier alpha value is -2.34. The third-order valence-corrected chi connectivity index (χ3v) is 2.78. The first-order valence-corrected chi connectivity index (χ1v) is 6.15. The van der Waals surface area contributed by atoms with Crippen LogP contribution in [0.5, 0.6) is 11.5 Å². The molecule has 6 heteroatoms. The van der Waals surface area contributed by atoms with Crippen molar-refractivity contribution in [1.82, 2.24) is 9.97 Å². The van der Waals surface area contributed by atoms with E-state index in [9.17, 15) is 5.11 Å². The summed E-state index contributed by atoms with van der Waals surface area (Å²) in [6, 6.07) is 7.01. The molecule has 1 atom stereocenters. The van der Waals surface area contributed by atoms with Crippen molar-refractivity contribution in [3.05, 3.63) is 42.2 Å². The summed E-state index contributed by atoms with van der Waals surface area (Å²) in [5, 5.41) is 13.2. The number of nitrogens with zero attached hydrogens (tertiary/aromatic N) is 2. The molecule has 0 spiro atoms. The molecular formula is C14H17N3O3. The largest absolute Gasteiger partial charge is 0.497 e. The molecule has 20 heavy (non-hydrogen) atoms. The van der Waals surface area contributed by atoms with Gasteiger partial charge in [0.15, 0.2) is 0 Å². The van der Waals surface area contributed by atoms with Crippen molar-refractivity contribution in [2.45, 2.75) is 6.10 Å². The van der Waals surface area contributed by atoms with Crippen LogP contribution < -0.4 is 14.8 Å². The number of aliphatic hydroxyl groups is 1. The number of hydrogen-bond acceptors (Lipinski definition) is 6. The number of rotatable bonds is 6. The van der Waals surface area contributed by atoms with Crippen molar-refractivity contribution in [3.63, 3.8) is 0 Å². The summed E-state index contributed by atoms with van der Waals surface area (Å²) in [5.74, 6) is 1.74. The van der Waals surface area contributed by atoms with E-state index in [1.54, 1.807) is 50.9 Å². The molecule has 1 heterocycles. The van der Waals surface area contributed by atoms with Crippen molar-refractivity contribution in [3.8, 4) is 11.5 Å². The van der Waals surface area contributed by atoms with Crippen LogP contribution >= 0.6 is 0 Å². The summed E-state index contributed by atoms with van der Waals surface area (Å²) in [6.07, 6.45) is 2.55. The van der Waals surface area contributed by atoms with Crippen LogP contribution in [0.2, 0.25) is 0 Å². The molecule has 0 fully saturated rings. The first kappa shape index (κ1) is 14.1. The average Bonchev–Trinajstić information content (AvgIpc) is 2.52. The van der Waals surface area contributed by atoms with Crippen molar-refractivity contribution in [1.29, 1.82) is 0 Å². The summed E-state index contributed by atoms with van der Waals surface area (Å²) in [6.45, 7) is 0.292. The molecule has 2 rings (SSSR count). The fraction of sp³-hybridized carbons (Fsp3) is 0.286. The van der Waals surface area contributed by atoms with Crippen LogP contribution in [0.3, 0.4) is 0 Å². The molecule has 0 aliphatic heterocycles. The van der Waals surface area contributed by atoms with Gasteiger partial charge in [-0.25, -0.2) is 9.97 Å². The van der Waals surface area contributed by atoms with E-state index in [0.717, 1.165) is 0 Å². The molecule has 1 aromatic carbocycles. The minimum atomic E-state index is -0.720. The van der Waals surface area contributed by atoms with E-state index in [2.05, 4.69) is 15.3 Å². The quantitative estimate of drug-likeness (QED) is 0.834. The Morgan fingerprint density at radius 3 is 2.25 bits per heavy atom. The molecule has 1 aromatic heterocycles. The first-order valence-electron chi connectivity index (χ1n) is 6.15. The third-order valence-electron chi connectivity index (χ3n) is 2.78. The average molecular weight is 275 g/mol. The van der Waals surface area contributed by atoms with Crippen LogP contribution in [0, 0.1) is 0 Å². The Morgan fingerprint density at radius 2 is 1.70 bits per heavy atom. The molecular weight excluding hydrogens is 258 g/mol. The summed E-state index contributed by atoms with van der Waals surface area (Å²) in [4.78, 5) is 8.06. The van der Waals surface area contributed by atoms with Crippen molar-refractivity contribution in [2.75, 3.05) is 26.1 Å². The lowest BCUT2D eigenvalue weighted by Crippen LogP contribution is -2.14. The lowest BCUT2D eigenvalue weighted by atomic mass is 10.1. The standard InChI is InChI=1S/C14H17N3O3/c1-19-11-6-10(7-12(8-11)20-2)13(18)9-17-14-15-4-3-5-16-14/h3-8,13,18H,9H2,1-2H3,(H,15,16,17). The van der Waals surface area contributed by atoms with Gasteiger partial charge in [0, 0.05) is 25.0 Å². The Kier molecular flexibility index (Phi) is 4.73. The van der Waals surface area contributed by atoms with Gasteiger partial charge in [-0.3, -0.25) is 0 Å². The van der Waals surface area contributed by atoms with E-state index in [1.165, 1.54) is 0 Å². The fourth-order valence-electron chi connectivity index (χ4n) is 1.72. The SMILES string of the molecule is COc1cc(OC)cc(C(O)CNc2ncccn2)c1. The Labute approximate surface area is 117 Å². The minimum Gasteiger partial charge on any atom is -0.497 e. The number of aromatic nitrogens is 2. The van der Waals surface area contributed by atoms with Gasteiger partial charge in [-0.05, 0) is 23.8 Å². The maximum atomic E-state index is 10.2. The highest BCUT2D eigenvalue weighted by Gasteiger charge is 2.11. The van der Waals surface area contributed by atoms with Gasteiger partial charge in [-0.2, -0.15) is 0 Å². The van der Waals surface area contributed by atoms with E-state index in [0.29, 0.717) is 29.6 Å². The Balaban J connectivity index is 2.06. The monoisotopic (exact) mass is 275 g/mol. The van der Waals surface area contributed by atoms with Crippen molar-refractivity contribution < 1.29 is 14.6 Å². The van der Waals surface area contributed by atoms with E-state index < -0.39 is 6.10 Å². The highest BCUT2D eigenvalue weighted by atomic mass is 16.5. The second kappa shape index (κ2) is 6.72. The molecule has 2 aromatic rings. The molecule has 2 N–H and O–H groups in total. The van der Waals surface area contributed by atoms with Crippen molar-refractivity contribution >= 4 is 5.95 Å². The van der Waals surface area contributed by atoms with E-state index in [1.807, 2.05) is 0 Å². The lowest BCUT2D eigenvalue weighted by Gasteiger charge is -2.14. The van der Waals surface area contributed by atoms with Gasteiger partial charge in [0.05, 0.1) is 20.3 Å². The molecule has 0 aliphatic carbocycles. The van der Waals surface area contributed by atoms with E-state index in [4.69, 9.17) is 9.47 Å². The van der Waals surface area contributed by atoms with Crippen LogP contribution in [0.4, 0.5) is 5.95 Å². The van der Waals surface area contributed by atoms with Crippen LogP contribution in [0.15, 0.2) is 36.7 Å². The second-order valence-corrected chi connectivity index (χ2v) is 4.12. The van der Waals surface area contributed by atoms with Gasteiger partial charge < -0.3 is 19.9 Å². The van der Waals surface area contributed by atoms with Gasteiger partial charge in [-0.1, -0.05) is 0 Å². The molecule has 106 valence electrons. The first-order chi connectivity index (χ1) is 9.72. The van der Waals surface area contributed by atoms with Gasteiger partial charge in [0.2, 0.25) is 5.95 Å². The predicted octanol–water partition coefficient (Wildman–Crippen LogP) is 1.64. The Bertz CT molecular complexity index is 526. The number of benzene rings is 1. The maximum Gasteiger partial charge on any atom is 0.222 e. The van der Waals surface area contributed by atoms with Crippen LogP contribution in [0.25, 0.3) is 0 Å². The molecule has 0 saturated carbocycles. The zero-order valence-electron chi connectivity index (χ0n) is 11.4. The number of ether oxygens (including phenoxy) is 2. The molecule has 0 aliphatic rings. The third kappa shape index (κ3) is 3.58. The number of aliphatic hydroxyl groups excluding tert-OH is 1. The fourth-order valence-corrected chi connectivity index (χ4v) is 1.72. The Morgan fingerprint density at radius 1 is 1.10 bits per heavy atom. The highest BCUT2D eigenvalue weighted by molar-refractivity contribution is 5.40. The van der Waals surface area contributed by atoms with Gasteiger partial charge in [0.25, 0.3) is 0 Å². The second-order valence-electron chi connectivity index (χ2n) is 4.12. The topological polar surface area (TPSA) is 76.5 Å². The molecule has 1 unspecified atom stereocenters. The summed E-state index contributed by atoms with van der Waals surface area (Å²) in [7, 11) is 3.14. The smallest absolute Gasteiger partial charge is 0.222 e. The minimum absolute atomic E-state index is 0.292. The zero-order valence-corrected chi connectivity index (χ0v) is 11.4. The van der Waals surface area contributed by atoms with Crippen LogP contribution in [-0.4, -0.2) is 35.8 Å². The lowest BCUT2D eigenvalue weighted by molar-refractivity contribution is 0.190. The van der Waals surface area contributed by atoms with E-state index in [-0.39, 0.29) is 0 Å². The summed E-state index contributed by atoms with van der Waals surface area (Å²) in [5.41, 5.74) is 0.699. The number of anilines is 1. The number of methoxy groups -OCH3 is 2. The van der Waals surface area contributed by atoms with Gasteiger partial charge in [-0.15, -0.1) is 0 Å².